The SMILES string of the molecule is OC[C@H]1O[C@@](O)(OC2O[C@H](CO)[C@@H](O)[C@H](O)[C@H]2O)[C@@H](O)[C@@H]1O. The molecule has 2 aliphatic rings. The minimum atomic E-state index is -2.82. The number of hydrogen-bond acceptors (Lipinski definition) is 11. The summed E-state index contributed by atoms with van der Waals surface area (Å²) in [6, 6.07) is 0. The first-order valence-corrected chi connectivity index (χ1v) is 6.60. The Morgan fingerprint density at radius 1 is 0.818 bits per heavy atom. The molecule has 0 saturated carbocycles. The summed E-state index contributed by atoms with van der Waals surface area (Å²) in [6.45, 7) is -1.44. The van der Waals surface area contributed by atoms with Gasteiger partial charge in [-0.15, -0.1) is 0 Å². The lowest BCUT2D eigenvalue weighted by atomic mass is 9.99. The van der Waals surface area contributed by atoms with Gasteiger partial charge in [0.2, 0.25) is 0 Å². The molecule has 8 N–H and O–H groups in total. The first-order valence-electron chi connectivity index (χ1n) is 6.60. The quantitative estimate of drug-likeness (QED) is 0.230. The number of hydrogen-bond donors (Lipinski definition) is 8. The number of rotatable bonds is 4. The molecule has 0 aromatic carbocycles. The smallest absolute Gasteiger partial charge is 0.313 e. The van der Waals surface area contributed by atoms with E-state index in [-0.39, 0.29) is 0 Å². The summed E-state index contributed by atoms with van der Waals surface area (Å²) in [7, 11) is 0. The van der Waals surface area contributed by atoms with Crippen LogP contribution in [0.4, 0.5) is 0 Å². The molecule has 11 nitrogen and oxygen atoms in total. The van der Waals surface area contributed by atoms with Gasteiger partial charge in [-0.3, -0.25) is 4.74 Å². The highest BCUT2D eigenvalue weighted by molar-refractivity contribution is 4.93. The van der Waals surface area contributed by atoms with Crippen molar-refractivity contribution < 1.29 is 55.1 Å². The molecule has 0 aliphatic carbocycles. The number of aliphatic hydroxyl groups excluding tert-OH is 7. The van der Waals surface area contributed by atoms with Crippen LogP contribution in [0, 0.1) is 0 Å². The van der Waals surface area contributed by atoms with Gasteiger partial charge < -0.3 is 50.3 Å². The standard InChI is InChI=1S/C11H20O11/c12-1-3-5(14)7(16)8(17)10(20-3)22-11(19)9(18)6(15)4(2-13)21-11/h3-10,12-19H,1-2H2/t3-,4-,5-,6-,7+,8-,9+,10?,11-/m1/s1. The van der Waals surface area contributed by atoms with Gasteiger partial charge in [0, 0.05) is 0 Å². The van der Waals surface area contributed by atoms with Crippen molar-refractivity contribution in [1.29, 1.82) is 0 Å². The Morgan fingerprint density at radius 3 is 1.91 bits per heavy atom. The average molecular weight is 328 g/mol. The Balaban J connectivity index is 2.12. The molecule has 22 heavy (non-hydrogen) atoms. The summed E-state index contributed by atoms with van der Waals surface area (Å²) in [5.74, 6) is -2.82. The Kier molecular flexibility index (Phi) is 5.36. The van der Waals surface area contributed by atoms with Gasteiger partial charge in [0.25, 0.3) is 0 Å². The van der Waals surface area contributed by atoms with E-state index in [0.717, 1.165) is 0 Å². The van der Waals surface area contributed by atoms with Crippen LogP contribution in [-0.4, -0.2) is 109 Å². The van der Waals surface area contributed by atoms with Gasteiger partial charge in [-0.25, -0.2) is 0 Å². The van der Waals surface area contributed by atoms with E-state index in [2.05, 4.69) is 0 Å². The van der Waals surface area contributed by atoms with Gasteiger partial charge in [0.15, 0.2) is 12.4 Å². The zero-order valence-corrected chi connectivity index (χ0v) is 11.3. The zero-order chi connectivity index (χ0) is 16.7. The van der Waals surface area contributed by atoms with Gasteiger partial charge in [-0.05, 0) is 0 Å². The predicted octanol–water partition coefficient (Wildman–Crippen LogP) is -5.44. The second-order valence-electron chi connectivity index (χ2n) is 5.22. The lowest BCUT2D eigenvalue weighted by molar-refractivity contribution is -0.442. The normalized spacial score (nSPS) is 52.9. The maximum atomic E-state index is 10.0. The monoisotopic (exact) mass is 328 g/mol. The Bertz CT molecular complexity index is 379. The molecule has 2 rings (SSSR count). The van der Waals surface area contributed by atoms with E-state index in [0.29, 0.717) is 0 Å². The third-order valence-corrected chi connectivity index (χ3v) is 3.71. The van der Waals surface area contributed by atoms with Crippen LogP contribution < -0.4 is 0 Å². The molecule has 0 amide bonds. The lowest BCUT2D eigenvalue weighted by Crippen LogP contribution is -2.62. The fourth-order valence-corrected chi connectivity index (χ4v) is 2.35. The molecule has 130 valence electrons. The van der Waals surface area contributed by atoms with Crippen molar-refractivity contribution in [3.8, 4) is 0 Å². The Labute approximate surface area is 124 Å². The molecule has 2 heterocycles. The topological polar surface area (TPSA) is 190 Å². The van der Waals surface area contributed by atoms with Gasteiger partial charge in [-0.1, -0.05) is 0 Å². The molecular weight excluding hydrogens is 308 g/mol. The largest absolute Gasteiger partial charge is 0.394 e. The highest BCUT2D eigenvalue weighted by Gasteiger charge is 2.58. The second kappa shape index (κ2) is 6.59. The van der Waals surface area contributed by atoms with Crippen LogP contribution in [0.5, 0.6) is 0 Å². The number of aliphatic hydroxyl groups is 8. The molecular formula is C11H20O11. The Hall–Kier alpha value is -0.440. The van der Waals surface area contributed by atoms with E-state index in [1.165, 1.54) is 0 Å². The van der Waals surface area contributed by atoms with Crippen LogP contribution in [0.2, 0.25) is 0 Å². The van der Waals surface area contributed by atoms with E-state index >= 15 is 0 Å². The maximum absolute atomic E-state index is 10.0. The minimum absolute atomic E-state index is 0.714. The molecule has 2 saturated heterocycles. The fraction of sp³-hybridized carbons (Fsp3) is 1.00. The molecule has 9 atom stereocenters. The van der Waals surface area contributed by atoms with Crippen molar-refractivity contribution in [3.63, 3.8) is 0 Å². The van der Waals surface area contributed by atoms with Gasteiger partial charge in [-0.2, -0.15) is 0 Å². The van der Waals surface area contributed by atoms with Crippen LogP contribution in [-0.2, 0) is 14.2 Å². The van der Waals surface area contributed by atoms with E-state index in [4.69, 9.17) is 24.4 Å². The van der Waals surface area contributed by atoms with E-state index < -0.39 is 68.2 Å². The molecule has 0 aromatic rings. The van der Waals surface area contributed by atoms with Crippen molar-refractivity contribution in [3.05, 3.63) is 0 Å². The predicted molar refractivity (Wildman–Crippen MR) is 63.8 cm³/mol. The van der Waals surface area contributed by atoms with Crippen molar-refractivity contribution in [2.24, 2.45) is 0 Å². The highest BCUT2D eigenvalue weighted by Crippen LogP contribution is 2.34. The first kappa shape index (κ1) is 17.9. The van der Waals surface area contributed by atoms with Crippen molar-refractivity contribution in [1.82, 2.24) is 0 Å². The minimum Gasteiger partial charge on any atom is -0.394 e. The van der Waals surface area contributed by atoms with Crippen LogP contribution in [0.25, 0.3) is 0 Å². The molecule has 2 fully saturated rings. The van der Waals surface area contributed by atoms with Crippen LogP contribution in [0.1, 0.15) is 0 Å². The van der Waals surface area contributed by atoms with Gasteiger partial charge >= 0.3 is 5.97 Å². The average Bonchev–Trinajstić information content (AvgIpc) is 2.72. The van der Waals surface area contributed by atoms with Crippen LogP contribution >= 0.6 is 0 Å². The molecule has 0 aromatic heterocycles. The van der Waals surface area contributed by atoms with E-state index in [1.807, 2.05) is 0 Å². The molecule has 1 unspecified atom stereocenters. The van der Waals surface area contributed by atoms with Gasteiger partial charge in [0.05, 0.1) is 13.2 Å². The fourth-order valence-electron chi connectivity index (χ4n) is 2.35. The van der Waals surface area contributed by atoms with Crippen LogP contribution in [0.3, 0.4) is 0 Å². The van der Waals surface area contributed by atoms with Crippen molar-refractivity contribution >= 4 is 0 Å². The Morgan fingerprint density at radius 2 is 1.41 bits per heavy atom. The number of ether oxygens (including phenoxy) is 3. The van der Waals surface area contributed by atoms with E-state index in [9.17, 15) is 30.6 Å². The molecule has 2 aliphatic heterocycles. The third kappa shape index (κ3) is 2.98. The maximum Gasteiger partial charge on any atom is 0.313 e. The van der Waals surface area contributed by atoms with Crippen molar-refractivity contribution in [2.75, 3.05) is 13.2 Å². The summed E-state index contributed by atoms with van der Waals surface area (Å²) < 4.78 is 14.6. The molecule has 0 spiro atoms. The first-order chi connectivity index (χ1) is 10.2. The van der Waals surface area contributed by atoms with Crippen molar-refractivity contribution in [2.45, 2.75) is 55.0 Å². The lowest BCUT2D eigenvalue weighted by Gasteiger charge is -2.42. The highest BCUT2D eigenvalue weighted by atomic mass is 16.9. The summed E-state index contributed by atoms with van der Waals surface area (Å²) >= 11 is 0. The molecule has 0 bridgehead atoms. The van der Waals surface area contributed by atoms with E-state index in [1.54, 1.807) is 0 Å². The zero-order valence-electron chi connectivity index (χ0n) is 11.3. The summed E-state index contributed by atoms with van der Waals surface area (Å²) in [5, 5.41) is 76.3. The van der Waals surface area contributed by atoms with Gasteiger partial charge in [0.1, 0.15) is 36.6 Å². The summed E-state index contributed by atoms with van der Waals surface area (Å²) in [4.78, 5) is 0. The van der Waals surface area contributed by atoms with Crippen LogP contribution in [0.15, 0.2) is 0 Å². The second-order valence-corrected chi connectivity index (χ2v) is 5.22. The molecule has 0 radical (unpaired) electrons. The third-order valence-electron chi connectivity index (χ3n) is 3.71. The molecule has 11 heteroatoms. The summed E-state index contributed by atoms with van der Waals surface area (Å²) in [5.41, 5.74) is 0. The summed E-state index contributed by atoms with van der Waals surface area (Å²) in [6.07, 6.45) is -13.3.